The SMILES string of the molecule is COCC(C)(C)NS(=O)(=O)c1cc(N)cc(F)c1C. The minimum absolute atomic E-state index is 0.0370. The van der Waals surface area contributed by atoms with Crippen LogP contribution in [0.25, 0.3) is 0 Å². The number of hydrogen-bond acceptors (Lipinski definition) is 4. The van der Waals surface area contributed by atoms with Crippen molar-refractivity contribution in [3.05, 3.63) is 23.5 Å². The Kier molecular flexibility index (Phi) is 4.54. The standard InChI is InChI=1S/C12H19FN2O3S/c1-8-10(13)5-9(14)6-11(8)19(16,17)15-12(2,3)7-18-4/h5-6,15H,7,14H2,1-4H3. The second kappa shape index (κ2) is 5.44. The van der Waals surface area contributed by atoms with Gasteiger partial charge in [0.2, 0.25) is 10.0 Å². The number of nitrogens with two attached hydrogens (primary N) is 1. The fourth-order valence-electron chi connectivity index (χ4n) is 1.76. The molecule has 1 aromatic rings. The Hall–Kier alpha value is -1.18. The summed E-state index contributed by atoms with van der Waals surface area (Å²) in [6.07, 6.45) is 0. The van der Waals surface area contributed by atoms with Crippen LogP contribution in [-0.2, 0) is 14.8 Å². The summed E-state index contributed by atoms with van der Waals surface area (Å²) in [7, 11) is -2.39. The van der Waals surface area contributed by atoms with Crippen molar-refractivity contribution < 1.29 is 17.5 Å². The lowest BCUT2D eigenvalue weighted by molar-refractivity contribution is 0.141. The number of nitrogens with one attached hydrogen (secondary N) is 1. The number of anilines is 1. The molecular formula is C12H19FN2O3S. The van der Waals surface area contributed by atoms with Crippen LogP contribution < -0.4 is 10.5 Å². The number of sulfonamides is 1. The van der Waals surface area contributed by atoms with E-state index in [9.17, 15) is 12.8 Å². The Morgan fingerprint density at radius 1 is 1.42 bits per heavy atom. The fourth-order valence-corrected chi connectivity index (χ4v) is 3.45. The van der Waals surface area contributed by atoms with E-state index < -0.39 is 21.4 Å². The average Bonchev–Trinajstić information content (AvgIpc) is 2.21. The van der Waals surface area contributed by atoms with Crippen LogP contribution in [0.3, 0.4) is 0 Å². The Bertz CT molecular complexity index is 571. The molecule has 5 nitrogen and oxygen atoms in total. The zero-order chi connectivity index (χ0) is 14.8. The lowest BCUT2D eigenvalue weighted by atomic mass is 10.1. The monoisotopic (exact) mass is 290 g/mol. The zero-order valence-electron chi connectivity index (χ0n) is 11.5. The molecule has 0 saturated heterocycles. The first-order valence-corrected chi connectivity index (χ1v) is 7.16. The molecule has 0 aliphatic heterocycles. The molecule has 108 valence electrons. The summed E-state index contributed by atoms with van der Waals surface area (Å²) in [6.45, 7) is 4.93. The molecule has 0 heterocycles. The van der Waals surface area contributed by atoms with Crippen LogP contribution in [0.4, 0.5) is 10.1 Å². The van der Waals surface area contributed by atoms with Crippen molar-refractivity contribution >= 4 is 15.7 Å². The predicted molar refractivity (Wildman–Crippen MR) is 71.8 cm³/mol. The molecule has 3 N–H and O–H groups in total. The predicted octanol–water partition coefficient (Wildman–Crippen LogP) is 1.42. The van der Waals surface area contributed by atoms with Gasteiger partial charge in [0.25, 0.3) is 0 Å². The highest BCUT2D eigenvalue weighted by Gasteiger charge is 2.28. The molecule has 0 fully saturated rings. The van der Waals surface area contributed by atoms with Gasteiger partial charge in [-0.05, 0) is 32.9 Å². The van der Waals surface area contributed by atoms with E-state index in [0.29, 0.717) is 0 Å². The number of nitrogen functional groups attached to an aromatic ring is 1. The Morgan fingerprint density at radius 3 is 2.53 bits per heavy atom. The molecule has 0 bridgehead atoms. The van der Waals surface area contributed by atoms with Gasteiger partial charge in [-0.15, -0.1) is 0 Å². The van der Waals surface area contributed by atoms with Crippen molar-refractivity contribution in [2.45, 2.75) is 31.2 Å². The molecule has 0 radical (unpaired) electrons. The Morgan fingerprint density at radius 2 is 2.00 bits per heavy atom. The lowest BCUT2D eigenvalue weighted by Crippen LogP contribution is -2.46. The van der Waals surface area contributed by atoms with Crippen molar-refractivity contribution in [2.24, 2.45) is 0 Å². The van der Waals surface area contributed by atoms with Crippen molar-refractivity contribution in [3.63, 3.8) is 0 Å². The minimum Gasteiger partial charge on any atom is -0.399 e. The maximum Gasteiger partial charge on any atom is 0.241 e. The number of rotatable bonds is 5. The summed E-state index contributed by atoms with van der Waals surface area (Å²) >= 11 is 0. The Labute approximate surface area is 113 Å². The van der Waals surface area contributed by atoms with Crippen molar-refractivity contribution in [1.82, 2.24) is 4.72 Å². The maximum absolute atomic E-state index is 13.6. The molecule has 0 saturated carbocycles. The van der Waals surface area contributed by atoms with Crippen LogP contribution in [0.5, 0.6) is 0 Å². The molecule has 0 atom stereocenters. The van der Waals surface area contributed by atoms with Gasteiger partial charge in [-0.25, -0.2) is 17.5 Å². The van der Waals surface area contributed by atoms with E-state index in [-0.39, 0.29) is 22.8 Å². The van der Waals surface area contributed by atoms with E-state index in [1.807, 2.05) is 0 Å². The zero-order valence-corrected chi connectivity index (χ0v) is 12.3. The maximum atomic E-state index is 13.6. The largest absolute Gasteiger partial charge is 0.399 e. The summed E-state index contributed by atoms with van der Waals surface area (Å²) in [5, 5.41) is 0. The van der Waals surface area contributed by atoms with E-state index in [2.05, 4.69) is 4.72 Å². The highest BCUT2D eigenvalue weighted by atomic mass is 32.2. The summed E-state index contributed by atoms with van der Waals surface area (Å²) in [6, 6.07) is 2.33. The summed E-state index contributed by atoms with van der Waals surface area (Å²) in [5.74, 6) is -0.648. The van der Waals surface area contributed by atoms with Crippen LogP contribution in [0.2, 0.25) is 0 Å². The van der Waals surface area contributed by atoms with Gasteiger partial charge < -0.3 is 10.5 Å². The minimum atomic E-state index is -3.87. The van der Waals surface area contributed by atoms with Crippen LogP contribution in [0, 0.1) is 12.7 Å². The highest BCUT2D eigenvalue weighted by Crippen LogP contribution is 2.23. The van der Waals surface area contributed by atoms with Gasteiger partial charge in [-0.1, -0.05) is 0 Å². The number of halogens is 1. The molecule has 7 heteroatoms. The number of methoxy groups -OCH3 is 1. The lowest BCUT2D eigenvalue weighted by Gasteiger charge is -2.25. The molecule has 0 aliphatic rings. The highest BCUT2D eigenvalue weighted by molar-refractivity contribution is 7.89. The second-order valence-electron chi connectivity index (χ2n) is 5.05. The van der Waals surface area contributed by atoms with Gasteiger partial charge in [0.15, 0.2) is 0 Å². The first-order valence-electron chi connectivity index (χ1n) is 5.67. The second-order valence-corrected chi connectivity index (χ2v) is 6.70. The quantitative estimate of drug-likeness (QED) is 0.804. The molecular weight excluding hydrogens is 271 g/mol. The van der Waals surface area contributed by atoms with Crippen LogP contribution in [0.1, 0.15) is 19.4 Å². The molecule has 19 heavy (non-hydrogen) atoms. The van der Waals surface area contributed by atoms with Crippen LogP contribution in [-0.4, -0.2) is 27.7 Å². The van der Waals surface area contributed by atoms with E-state index in [4.69, 9.17) is 10.5 Å². The van der Waals surface area contributed by atoms with E-state index in [1.54, 1.807) is 13.8 Å². The Balaban J connectivity index is 3.22. The van der Waals surface area contributed by atoms with Gasteiger partial charge in [-0.3, -0.25) is 0 Å². The third-order valence-electron chi connectivity index (χ3n) is 2.52. The van der Waals surface area contributed by atoms with E-state index >= 15 is 0 Å². The van der Waals surface area contributed by atoms with E-state index in [1.165, 1.54) is 20.1 Å². The summed E-state index contributed by atoms with van der Waals surface area (Å²) in [5.41, 5.74) is 4.79. The summed E-state index contributed by atoms with van der Waals surface area (Å²) < 4.78 is 45.5. The summed E-state index contributed by atoms with van der Waals surface area (Å²) in [4.78, 5) is -0.158. The number of ether oxygens (including phenoxy) is 1. The van der Waals surface area contributed by atoms with Crippen LogP contribution >= 0.6 is 0 Å². The first-order chi connectivity index (χ1) is 8.59. The third-order valence-corrected chi connectivity index (χ3v) is 4.35. The van der Waals surface area contributed by atoms with Gasteiger partial charge in [0, 0.05) is 18.4 Å². The molecule has 0 amide bonds. The van der Waals surface area contributed by atoms with Gasteiger partial charge >= 0.3 is 0 Å². The van der Waals surface area contributed by atoms with Crippen molar-refractivity contribution in [3.8, 4) is 0 Å². The molecule has 1 aromatic carbocycles. The molecule has 0 aromatic heterocycles. The van der Waals surface area contributed by atoms with Crippen LogP contribution in [0.15, 0.2) is 17.0 Å². The molecule has 0 aliphatic carbocycles. The average molecular weight is 290 g/mol. The van der Waals surface area contributed by atoms with Gasteiger partial charge in [-0.2, -0.15) is 0 Å². The first kappa shape index (κ1) is 15.9. The molecule has 0 unspecified atom stereocenters. The third kappa shape index (κ3) is 3.89. The van der Waals surface area contributed by atoms with Crippen molar-refractivity contribution in [2.75, 3.05) is 19.5 Å². The smallest absolute Gasteiger partial charge is 0.241 e. The molecule has 1 rings (SSSR count). The number of hydrogen-bond donors (Lipinski definition) is 2. The van der Waals surface area contributed by atoms with Gasteiger partial charge in [0.05, 0.1) is 17.0 Å². The van der Waals surface area contributed by atoms with Gasteiger partial charge in [0.1, 0.15) is 5.82 Å². The topological polar surface area (TPSA) is 81.4 Å². The number of benzene rings is 1. The normalized spacial score (nSPS) is 12.7. The molecule has 0 spiro atoms. The van der Waals surface area contributed by atoms with E-state index in [0.717, 1.165) is 6.07 Å². The fraction of sp³-hybridized carbons (Fsp3) is 0.500. The van der Waals surface area contributed by atoms with Crippen molar-refractivity contribution in [1.29, 1.82) is 0 Å².